The Labute approximate surface area is 111 Å². The molecule has 2 rings (SSSR count). The first-order valence-corrected chi connectivity index (χ1v) is 7.27. The number of nitrogens with zero attached hydrogens (tertiary/aromatic N) is 1. The Hall–Kier alpha value is -0.860. The highest BCUT2D eigenvalue weighted by Gasteiger charge is 2.27. The molecule has 0 aromatic heterocycles. The van der Waals surface area contributed by atoms with E-state index in [0.29, 0.717) is 0 Å². The highest BCUT2D eigenvalue weighted by Crippen LogP contribution is 2.26. The lowest BCUT2D eigenvalue weighted by Gasteiger charge is -2.27. The molecule has 1 aromatic carbocycles. The Bertz CT molecular complexity index is 336. The van der Waals surface area contributed by atoms with Crippen molar-refractivity contribution in [1.82, 2.24) is 10.2 Å². The van der Waals surface area contributed by atoms with Gasteiger partial charge in [-0.05, 0) is 37.9 Å². The summed E-state index contributed by atoms with van der Waals surface area (Å²) in [5.74, 6) is 0.832. The van der Waals surface area contributed by atoms with Gasteiger partial charge in [0.25, 0.3) is 0 Å². The monoisotopic (exact) mass is 246 g/mol. The standard InChI is InChI=1S/C16H26N2/c1-3-18(12-14-8-5-4-6-9-14)13-15-10-7-11-16(15)17-2/h4-6,8-9,15-17H,3,7,10-13H2,1-2H3. The van der Waals surface area contributed by atoms with Crippen molar-refractivity contribution in [2.45, 2.75) is 38.8 Å². The van der Waals surface area contributed by atoms with Gasteiger partial charge in [-0.2, -0.15) is 0 Å². The van der Waals surface area contributed by atoms with Gasteiger partial charge in [0.2, 0.25) is 0 Å². The lowest BCUT2D eigenvalue weighted by atomic mass is 10.0. The van der Waals surface area contributed by atoms with Gasteiger partial charge in [0, 0.05) is 19.1 Å². The summed E-state index contributed by atoms with van der Waals surface area (Å²) in [5, 5.41) is 3.48. The number of rotatable bonds is 6. The van der Waals surface area contributed by atoms with Crippen molar-refractivity contribution in [1.29, 1.82) is 0 Å². The van der Waals surface area contributed by atoms with Gasteiger partial charge >= 0.3 is 0 Å². The largest absolute Gasteiger partial charge is 0.317 e. The Kier molecular flexibility index (Phi) is 5.21. The van der Waals surface area contributed by atoms with Gasteiger partial charge < -0.3 is 5.32 Å². The van der Waals surface area contributed by atoms with Crippen LogP contribution in [0.15, 0.2) is 30.3 Å². The molecule has 1 N–H and O–H groups in total. The van der Waals surface area contributed by atoms with Crippen LogP contribution in [0, 0.1) is 5.92 Å². The van der Waals surface area contributed by atoms with Crippen LogP contribution in [0.1, 0.15) is 31.7 Å². The summed E-state index contributed by atoms with van der Waals surface area (Å²) in [4.78, 5) is 2.58. The first-order valence-electron chi connectivity index (χ1n) is 7.27. The molecular weight excluding hydrogens is 220 g/mol. The maximum Gasteiger partial charge on any atom is 0.0233 e. The van der Waals surface area contributed by atoms with Crippen molar-refractivity contribution in [3.05, 3.63) is 35.9 Å². The predicted molar refractivity (Wildman–Crippen MR) is 77.6 cm³/mol. The minimum atomic E-state index is 0.731. The molecule has 2 heteroatoms. The predicted octanol–water partition coefficient (Wildman–Crippen LogP) is 2.90. The summed E-state index contributed by atoms with van der Waals surface area (Å²) in [6, 6.07) is 11.5. The fourth-order valence-electron chi connectivity index (χ4n) is 3.11. The molecule has 0 aliphatic heterocycles. The van der Waals surface area contributed by atoms with Gasteiger partial charge in [-0.15, -0.1) is 0 Å². The van der Waals surface area contributed by atoms with Crippen molar-refractivity contribution in [3.63, 3.8) is 0 Å². The van der Waals surface area contributed by atoms with Crippen LogP contribution in [0.5, 0.6) is 0 Å². The van der Waals surface area contributed by atoms with Crippen molar-refractivity contribution < 1.29 is 0 Å². The van der Waals surface area contributed by atoms with Gasteiger partial charge in [-0.25, -0.2) is 0 Å². The van der Waals surface area contributed by atoms with Crippen LogP contribution in [-0.4, -0.2) is 31.1 Å². The molecule has 18 heavy (non-hydrogen) atoms. The van der Waals surface area contributed by atoms with E-state index in [0.717, 1.165) is 25.0 Å². The van der Waals surface area contributed by atoms with Gasteiger partial charge in [0.1, 0.15) is 0 Å². The third kappa shape index (κ3) is 3.56. The second-order valence-electron chi connectivity index (χ2n) is 5.40. The van der Waals surface area contributed by atoms with E-state index in [1.54, 1.807) is 0 Å². The van der Waals surface area contributed by atoms with Crippen LogP contribution < -0.4 is 5.32 Å². The topological polar surface area (TPSA) is 15.3 Å². The molecule has 1 aliphatic carbocycles. The van der Waals surface area contributed by atoms with Crippen LogP contribution in [0.4, 0.5) is 0 Å². The lowest BCUT2D eigenvalue weighted by molar-refractivity contribution is 0.218. The average Bonchev–Trinajstić information content (AvgIpc) is 2.86. The van der Waals surface area contributed by atoms with Gasteiger partial charge in [-0.1, -0.05) is 43.7 Å². The van der Waals surface area contributed by atoms with E-state index in [-0.39, 0.29) is 0 Å². The lowest BCUT2D eigenvalue weighted by Crippen LogP contribution is -2.37. The normalized spacial score (nSPS) is 23.7. The summed E-state index contributed by atoms with van der Waals surface area (Å²) in [6.45, 7) is 5.73. The smallest absolute Gasteiger partial charge is 0.0233 e. The molecular formula is C16H26N2. The van der Waals surface area contributed by atoms with Crippen molar-refractivity contribution in [3.8, 4) is 0 Å². The van der Waals surface area contributed by atoms with Crippen LogP contribution in [-0.2, 0) is 6.54 Å². The van der Waals surface area contributed by atoms with E-state index in [1.165, 1.54) is 31.4 Å². The Morgan fingerprint density at radius 2 is 2.00 bits per heavy atom. The summed E-state index contributed by atoms with van der Waals surface area (Å²) < 4.78 is 0. The maximum absolute atomic E-state index is 3.48. The maximum atomic E-state index is 3.48. The molecule has 1 aliphatic rings. The summed E-state index contributed by atoms with van der Waals surface area (Å²) in [6.07, 6.45) is 4.12. The van der Waals surface area contributed by atoms with E-state index in [4.69, 9.17) is 0 Å². The molecule has 0 heterocycles. The van der Waals surface area contributed by atoms with Crippen molar-refractivity contribution >= 4 is 0 Å². The number of benzene rings is 1. The van der Waals surface area contributed by atoms with E-state index in [2.05, 4.69) is 54.5 Å². The minimum Gasteiger partial charge on any atom is -0.317 e. The number of hydrogen-bond donors (Lipinski definition) is 1. The summed E-state index contributed by atoms with van der Waals surface area (Å²) in [5.41, 5.74) is 1.43. The Balaban J connectivity index is 1.89. The van der Waals surface area contributed by atoms with E-state index in [9.17, 15) is 0 Å². The molecule has 2 nitrogen and oxygen atoms in total. The highest BCUT2D eigenvalue weighted by atomic mass is 15.1. The summed E-state index contributed by atoms with van der Waals surface area (Å²) >= 11 is 0. The van der Waals surface area contributed by atoms with Gasteiger partial charge in [-0.3, -0.25) is 4.90 Å². The molecule has 2 atom stereocenters. The zero-order valence-electron chi connectivity index (χ0n) is 11.7. The van der Waals surface area contributed by atoms with E-state index in [1.807, 2.05) is 0 Å². The molecule has 0 radical (unpaired) electrons. The number of hydrogen-bond acceptors (Lipinski definition) is 2. The van der Waals surface area contributed by atoms with Crippen LogP contribution in [0.3, 0.4) is 0 Å². The molecule has 0 spiro atoms. The molecule has 1 aromatic rings. The highest BCUT2D eigenvalue weighted by molar-refractivity contribution is 5.14. The van der Waals surface area contributed by atoms with E-state index < -0.39 is 0 Å². The van der Waals surface area contributed by atoms with Crippen molar-refractivity contribution in [2.24, 2.45) is 5.92 Å². The van der Waals surface area contributed by atoms with Crippen LogP contribution >= 0.6 is 0 Å². The molecule has 0 amide bonds. The molecule has 2 unspecified atom stereocenters. The third-order valence-electron chi connectivity index (χ3n) is 4.22. The quantitative estimate of drug-likeness (QED) is 0.830. The Morgan fingerprint density at radius 1 is 1.22 bits per heavy atom. The second kappa shape index (κ2) is 6.91. The zero-order chi connectivity index (χ0) is 12.8. The summed E-state index contributed by atoms with van der Waals surface area (Å²) in [7, 11) is 2.11. The third-order valence-corrected chi connectivity index (χ3v) is 4.22. The molecule has 0 saturated heterocycles. The van der Waals surface area contributed by atoms with Crippen LogP contribution in [0.25, 0.3) is 0 Å². The van der Waals surface area contributed by atoms with E-state index >= 15 is 0 Å². The van der Waals surface area contributed by atoms with Crippen LogP contribution in [0.2, 0.25) is 0 Å². The zero-order valence-corrected chi connectivity index (χ0v) is 11.7. The molecule has 100 valence electrons. The average molecular weight is 246 g/mol. The van der Waals surface area contributed by atoms with Gasteiger partial charge in [0.15, 0.2) is 0 Å². The first kappa shape index (κ1) is 13.6. The SMILES string of the molecule is CCN(Cc1ccccc1)CC1CCCC1NC. The first-order chi connectivity index (χ1) is 8.83. The second-order valence-corrected chi connectivity index (χ2v) is 5.40. The molecule has 1 fully saturated rings. The van der Waals surface area contributed by atoms with Crippen molar-refractivity contribution in [2.75, 3.05) is 20.1 Å². The molecule has 1 saturated carbocycles. The fraction of sp³-hybridized carbons (Fsp3) is 0.625. The minimum absolute atomic E-state index is 0.731. The Morgan fingerprint density at radius 3 is 2.67 bits per heavy atom. The molecule has 0 bridgehead atoms. The fourth-order valence-corrected chi connectivity index (χ4v) is 3.11. The van der Waals surface area contributed by atoms with Gasteiger partial charge in [0.05, 0.1) is 0 Å². The number of nitrogens with one attached hydrogen (secondary N) is 1.